The van der Waals surface area contributed by atoms with Gasteiger partial charge in [0.1, 0.15) is 5.75 Å². The number of ether oxygens (including phenoxy) is 1. The highest BCUT2D eigenvalue weighted by atomic mass is 35.5. The molecule has 1 aliphatic heterocycles. The quantitative estimate of drug-likeness (QED) is 0.630. The molecule has 0 aromatic heterocycles. The maximum Gasteiger partial charge on any atom is 0.229 e. The molecule has 0 radical (unpaired) electrons. The minimum absolute atomic E-state index is 0.236. The van der Waals surface area contributed by atoms with Crippen molar-refractivity contribution in [2.45, 2.75) is 19.3 Å². The van der Waals surface area contributed by atoms with E-state index in [2.05, 4.69) is 0 Å². The number of Topliss-reactive ketones (excluding diaryl/α,β-unsaturated/α-hetero) is 1. The van der Waals surface area contributed by atoms with E-state index in [1.807, 2.05) is 0 Å². The van der Waals surface area contributed by atoms with Crippen molar-refractivity contribution >= 4 is 29.2 Å². The first-order valence-corrected chi connectivity index (χ1v) is 6.60. The second-order valence-corrected chi connectivity index (χ2v) is 4.91. The van der Waals surface area contributed by atoms with Gasteiger partial charge in [0, 0.05) is 18.4 Å². The molecule has 1 fully saturated rings. The van der Waals surface area contributed by atoms with Gasteiger partial charge in [0.15, 0.2) is 5.78 Å². The molecule has 1 saturated heterocycles. The monoisotopic (exact) mass is 295 g/mol. The van der Waals surface area contributed by atoms with Gasteiger partial charge in [-0.1, -0.05) is 11.6 Å². The van der Waals surface area contributed by atoms with E-state index in [4.69, 9.17) is 16.3 Å². The lowest BCUT2D eigenvalue weighted by molar-refractivity contribution is -0.147. The maximum absolute atomic E-state index is 12.1. The number of methoxy groups -OCH3 is 1. The molecule has 20 heavy (non-hydrogen) atoms. The number of ketones is 1. The highest BCUT2D eigenvalue weighted by Crippen LogP contribution is 2.25. The number of carbonyl (C=O) groups excluding carboxylic acids is 3. The van der Waals surface area contributed by atoms with E-state index in [1.54, 1.807) is 12.1 Å². The fourth-order valence-electron chi connectivity index (χ4n) is 2.05. The van der Waals surface area contributed by atoms with Crippen molar-refractivity contribution in [1.82, 2.24) is 4.90 Å². The van der Waals surface area contributed by atoms with Crippen molar-refractivity contribution in [2.24, 2.45) is 0 Å². The molecule has 1 aromatic rings. The van der Waals surface area contributed by atoms with Gasteiger partial charge in [-0.05, 0) is 24.6 Å². The van der Waals surface area contributed by atoms with E-state index >= 15 is 0 Å². The van der Waals surface area contributed by atoms with E-state index in [0.717, 1.165) is 4.90 Å². The van der Waals surface area contributed by atoms with Gasteiger partial charge in [0.05, 0.1) is 18.7 Å². The number of benzene rings is 1. The topological polar surface area (TPSA) is 63.7 Å². The summed E-state index contributed by atoms with van der Waals surface area (Å²) in [7, 11) is 1.48. The second kappa shape index (κ2) is 6.05. The molecule has 0 spiro atoms. The summed E-state index contributed by atoms with van der Waals surface area (Å²) >= 11 is 5.95. The van der Waals surface area contributed by atoms with E-state index < -0.39 is 0 Å². The molecule has 0 atom stereocenters. The molecule has 1 aliphatic rings. The van der Waals surface area contributed by atoms with Crippen LogP contribution in [0.15, 0.2) is 18.2 Å². The molecule has 0 aliphatic carbocycles. The number of hydrogen-bond donors (Lipinski definition) is 0. The minimum atomic E-state index is -0.321. The number of piperidine rings is 1. The van der Waals surface area contributed by atoms with Crippen LogP contribution in [-0.4, -0.2) is 36.2 Å². The lowest BCUT2D eigenvalue weighted by Crippen LogP contribution is -2.43. The normalized spacial score (nSPS) is 15.4. The summed E-state index contributed by atoms with van der Waals surface area (Å²) in [4.78, 5) is 36.4. The van der Waals surface area contributed by atoms with Crippen molar-refractivity contribution in [3.63, 3.8) is 0 Å². The van der Waals surface area contributed by atoms with Crippen molar-refractivity contribution in [1.29, 1.82) is 0 Å². The van der Waals surface area contributed by atoms with Crippen LogP contribution >= 0.6 is 11.6 Å². The van der Waals surface area contributed by atoms with Crippen LogP contribution in [-0.2, 0) is 9.59 Å². The first kappa shape index (κ1) is 14.5. The number of hydrogen-bond acceptors (Lipinski definition) is 4. The molecule has 0 saturated carbocycles. The fourth-order valence-corrected chi connectivity index (χ4v) is 2.31. The zero-order valence-corrected chi connectivity index (χ0v) is 11.8. The predicted molar refractivity (Wildman–Crippen MR) is 72.9 cm³/mol. The van der Waals surface area contributed by atoms with Crippen LogP contribution in [0.3, 0.4) is 0 Å². The van der Waals surface area contributed by atoms with Gasteiger partial charge in [0.25, 0.3) is 0 Å². The first-order chi connectivity index (χ1) is 9.52. The number of carbonyl (C=O) groups is 3. The van der Waals surface area contributed by atoms with Crippen LogP contribution in [0.25, 0.3) is 0 Å². The Bertz CT molecular complexity index is 554. The molecule has 6 heteroatoms. The highest BCUT2D eigenvalue weighted by Gasteiger charge is 2.28. The molecule has 1 aromatic carbocycles. The van der Waals surface area contributed by atoms with Gasteiger partial charge >= 0.3 is 0 Å². The van der Waals surface area contributed by atoms with Crippen LogP contribution in [0, 0.1) is 0 Å². The Kier molecular flexibility index (Phi) is 4.39. The number of amides is 2. The highest BCUT2D eigenvalue weighted by molar-refractivity contribution is 6.32. The third kappa shape index (κ3) is 2.99. The molecule has 1 heterocycles. The van der Waals surface area contributed by atoms with Crippen molar-refractivity contribution in [2.75, 3.05) is 13.7 Å². The smallest absolute Gasteiger partial charge is 0.229 e. The third-order valence-electron chi connectivity index (χ3n) is 3.16. The van der Waals surface area contributed by atoms with E-state index in [0.29, 0.717) is 35.6 Å². The van der Waals surface area contributed by atoms with Crippen LogP contribution in [0.1, 0.15) is 29.6 Å². The Labute approximate surface area is 121 Å². The van der Waals surface area contributed by atoms with Gasteiger partial charge in [-0.2, -0.15) is 0 Å². The van der Waals surface area contributed by atoms with Crippen molar-refractivity contribution < 1.29 is 19.1 Å². The summed E-state index contributed by atoms with van der Waals surface area (Å²) < 4.78 is 5.00. The zero-order chi connectivity index (χ0) is 14.7. The van der Waals surface area contributed by atoms with E-state index in [-0.39, 0.29) is 24.1 Å². The number of rotatable bonds is 4. The maximum atomic E-state index is 12.1. The Morgan fingerprint density at radius 3 is 2.50 bits per heavy atom. The Morgan fingerprint density at radius 2 is 1.95 bits per heavy atom. The summed E-state index contributed by atoms with van der Waals surface area (Å²) in [5.74, 6) is -0.449. The van der Waals surface area contributed by atoms with E-state index in [9.17, 15) is 14.4 Å². The molecule has 2 amide bonds. The summed E-state index contributed by atoms with van der Waals surface area (Å²) in [5, 5.41) is 0.314. The molecule has 0 bridgehead atoms. The van der Waals surface area contributed by atoms with Crippen LogP contribution in [0.2, 0.25) is 5.02 Å². The van der Waals surface area contributed by atoms with Crippen LogP contribution in [0.5, 0.6) is 5.75 Å². The standard InChI is InChI=1S/C14H14ClNO4/c1-20-12-6-5-9(7-10(12)15)11(17)8-16-13(18)3-2-4-14(16)19/h5-7H,2-4,8H2,1H3. The molecule has 0 N–H and O–H groups in total. The summed E-state index contributed by atoms with van der Waals surface area (Å²) in [5.41, 5.74) is 0.349. The second-order valence-electron chi connectivity index (χ2n) is 4.50. The van der Waals surface area contributed by atoms with Crippen LogP contribution < -0.4 is 4.74 Å². The average molecular weight is 296 g/mol. The number of nitrogens with zero attached hydrogens (tertiary/aromatic N) is 1. The van der Waals surface area contributed by atoms with Gasteiger partial charge < -0.3 is 4.74 Å². The van der Waals surface area contributed by atoms with E-state index in [1.165, 1.54) is 13.2 Å². The molecular weight excluding hydrogens is 282 g/mol. The Balaban J connectivity index is 2.13. The van der Waals surface area contributed by atoms with Crippen molar-refractivity contribution in [3.05, 3.63) is 28.8 Å². The van der Waals surface area contributed by atoms with Gasteiger partial charge in [-0.15, -0.1) is 0 Å². The molecule has 5 nitrogen and oxygen atoms in total. The lowest BCUT2D eigenvalue weighted by atomic mass is 10.1. The predicted octanol–water partition coefficient (Wildman–Crippen LogP) is 2.07. The number of imide groups is 1. The number of halogens is 1. The largest absolute Gasteiger partial charge is 0.495 e. The Hall–Kier alpha value is -1.88. The fraction of sp³-hybridized carbons (Fsp3) is 0.357. The van der Waals surface area contributed by atoms with Crippen molar-refractivity contribution in [3.8, 4) is 5.75 Å². The summed E-state index contributed by atoms with van der Waals surface area (Å²) in [6, 6.07) is 4.61. The van der Waals surface area contributed by atoms with Gasteiger partial charge in [0.2, 0.25) is 11.8 Å². The molecule has 0 unspecified atom stereocenters. The Morgan fingerprint density at radius 1 is 1.30 bits per heavy atom. The SMILES string of the molecule is COc1ccc(C(=O)CN2C(=O)CCCC2=O)cc1Cl. The zero-order valence-electron chi connectivity index (χ0n) is 11.0. The minimum Gasteiger partial charge on any atom is -0.495 e. The lowest BCUT2D eigenvalue weighted by Gasteiger charge is -2.24. The average Bonchev–Trinajstić information content (AvgIpc) is 2.42. The van der Waals surface area contributed by atoms with Gasteiger partial charge in [-0.3, -0.25) is 19.3 Å². The summed E-state index contributed by atoms with van der Waals surface area (Å²) in [6.45, 7) is -0.236. The molecule has 106 valence electrons. The van der Waals surface area contributed by atoms with Gasteiger partial charge in [-0.25, -0.2) is 0 Å². The third-order valence-corrected chi connectivity index (χ3v) is 3.45. The molecule has 2 rings (SSSR count). The number of likely N-dealkylation sites (tertiary alicyclic amines) is 1. The van der Waals surface area contributed by atoms with Crippen LogP contribution in [0.4, 0.5) is 0 Å². The first-order valence-electron chi connectivity index (χ1n) is 6.23. The molecular formula is C14H14ClNO4. The summed E-state index contributed by atoms with van der Waals surface area (Å²) in [6.07, 6.45) is 1.17.